The molecule has 4 heterocycles. The Morgan fingerprint density at radius 1 is 1.00 bits per heavy atom. The van der Waals surface area contributed by atoms with Crippen molar-refractivity contribution in [3.8, 4) is 22.5 Å². The fourth-order valence-electron chi connectivity index (χ4n) is 3.80. The van der Waals surface area contributed by atoms with E-state index < -0.39 is 0 Å². The van der Waals surface area contributed by atoms with E-state index in [9.17, 15) is 5.11 Å². The average molecular weight is 423 g/mol. The lowest BCUT2D eigenvalue weighted by Crippen LogP contribution is -2.35. The Balaban J connectivity index is 1.70. The van der Waals surface area contributed by atoms with Crippen LogP contribution in [0, 0.1) is 0 Å². The van der Waals surface area contributed by atoms with Gasteiger partial charge in [0.05, 0.1) is 66.9 Å². The minimum absolute atomic E-state index is 0.000724. The standard InChI is InChI=1S/C22H30N8O/c1-5-18(6-2)29-12-17(10-25-29)22-21-7-8-23-30(21)14-20(26-22)16-9-24-28(11-16)13-19(15-31)27(3)4/h7-12,14,18-19,31H,5-6,13,15H2,1-4H3. The molecular weight excluding hydrogens is 392 g/mol. The number of fused-ring (bicyclic) bond motifs is 1. The molecule has 0 saturated carbocycles. The number of hydrogen-bond acceptors (Lipinski definition) is 6. The summed E-state index contributed by atoms with van der Waals surface area (Å²) in [6.45, 7) is 5.03. The highest BCUT2D eigenvalue weighted by Crippen LogP contribution is 2.28. The van der Waals surface area contributed by atoms with E-state index in [1.807, 2.05) is 57.5 Å². The van der Waals surface area contributed by atoms with E-state index in [2.05, 4.69) is 35.3 Å². The summed E-state index contributed by atoms with van der Waals surface area (Å²) < 4.78 is 5.72. The van der Waals surface area contributed by atoms with Gasteiger partial charge in [-0.25, -0.2) is 9.50 Å². The van der Waals surface area contributed by atoms with Gasteiger partial charge in [-0.3, -0.25) is 9.36 Å². The first-order valence-corrected chi connectivity index (χ1v) is 10.7. The molecule has 4 aromatic heterocycles. The van der Waals surface area contributed by atoms with E-state index in [0.29, 0.717) is 12.6 Å². The van der Waals surface area contributed by atoms with Gasteiger partial charge in [0, 0.05) is 23.5 Å². The van der Waals surface area contributed by atoms with Crippen LogP contribution in [-0.2, 0) is 6.54 Å². The summed E-state index contributed by atoms with van der Waals surface area (Å²) in [5, 5.41) is 23.1. The fourth-order valence-corrected chi connectivity index (χ4v) is 3.80. The molecule has 0 aliphatic rings. The number of hydrogen-bond donors (Lipinski definition) is 1. The van der Waals surface area contributed by atoms with Gasteiger partial charge in [-0.05, 0) is 33.0 Å². The summed E-state index contributed by atoms with van der Waals surface area (Å²) in [7, 11) is 3.90. The topological polar surface area (TPSA) is 89.3 Å². The normalized spacial score (nSPS) is 13.0. The van der Waals surface area contributed by atoms with Gasteiger partial charge < -0.3 is 10.0 Å². The number of likely N-dealkylation sites (N-methyl/N-ethyl adjacent to an activating group) is 1. The van der Waals surface area contributed by atoms with Gasteiger partial charge in [0.15, 0.2) is 0 Å². The molecule has 0 fully saturated rings. The molecule has 1 atom stereocenters. The molecule has 4 aromatic rings. The van der Waals surface area contributed by atoms with E-state index >= 15 is 0 Å². The molecule has 0 amide bonds. The van der Waals surface area contributed by atoms with Crippen molar-refractivity contribution in [2.45, 2.75) is 45.3 Å². The van der Waals surface area contributed by atoms with Crippen molar-refractivity contribution in [2.75, 3.05) is 20.7 Å². The number of aromatic nitrogens is 7. The van der Waals surface area contributed by atoms with Crippen LogP contribution in [0.2, 0.25) is 0 Å². The van der Waals surface area contributed by atoms with E-state index in [0.717, 1.165) is 40.9 Å². The zero-order chi connectivity index (χ0) is 22.0. The summed E-state index contributed by atoms with van der Waals surface area (Å²) in [4.78, 5) is 6.95. The van der Waals surface area contributed by atoms with Crippen molar-refractivity contribution in [3.05, 3.63) is 43.2 Å². The van der Waals surface area contributed by atoms with Crippen molar-refractivity contribution in [3.63, 3.8) is 0 Å². The van der Waals surface area contributed by atoms with Gasteiger partial charge >= 0.3 is 0 Å². The quantitative estimate of drug-likeness (QED) is 0.446. The Kier molecular flexibility index (Phi) is 6.15. The van der Waals surface area contributed by atoms with E-state index in [4.69, 9.17) is 4.98 Å². The predicted octanol–water partition coefficient (Wildman–Crippen LogP) is 2.74. The largest absolute Gasteiger partial charge is 0.395 e. The maximum absolute atomic E-state index is 9.60. The summed E-state index contributed by atoms with van der Waals surface area (Å²) in [6.07, 6.45) is 13.5. The molecule has 9 nitrogen and oxygen atoms in total. The molecule has 0 aliphatic carbocycles. The lowest BCUT2D eigenvalue weighted by Gasteiger charge is -2.21. The predicted molar refractivity (Wildman–Crippen MR) is 120 cm³/mol. The molecule has 31 heavy (non-hydrogen) atoms. The lowest BCUT2D eigenvalue weighted by molar-refractivity contribution is 0.151. The van der Waals surface area contributed by atoms with Crippen LogP contribution in [0.25, 0.3) is 28.0 Å². The number of aliphatic hydroxyl groups is 1. The molecule has 0 aliphatic heterocycles. The van der Waals surface area contributed by atoms with Crippen molar-refractivity contribution < 1.29 is 5.11 Å². The van der Waals surface area contributed by atoms with E-state index in [1.165, 1.54) is 0 Å². The van der Waals surface area contributed by atoms with E-state index in [-0.39, 0.29) is 12.6 Å². The van der Waals surface area contributed by atoms with Crippen LogP contribution < -0.4 is 0 Å². The highest BCUT2D eigenvalue weighted by atomic mass is 16.3. The molecule has 0 radical (unpaired) electrons. The molecule has 9 heteroatoms. The average Bonchev–Trinajstić information content (AvgIpc) is 3.52. The van der Waals surface area contributed by atoms with Crippen molar-refractivity contribution in [1.29, 1.82) is 0 Å². The van der Waals surface area contributed by atoms with Gasteiger partial charge in [-0.15, -0.1) is 0 Å². The molecule has 0 bridgehead atoms. The van der Waals surface area contributed by atoms with Crippen molar-refractivity contribution >= 4 is 5.52 Å². The van der Waals surface area contributed by atoms with Gasteiger partial charge in [-0.1, -0.05) is 13.8 Å². The highest BCUT2D eigenvalue weighted by molar-refractivity contribution is 5.78. The Morgan fingerprint density at radius 3 is 2.48 bits per heavy atom. The maximum Gasteiger partial charge on any atom is 0.0999 e. The van der Waals surface area contributed by atoms with Crippen LogP contribution in [0.15, 0.2) is 43.2 Å². The number of rotatable bonds is 9. The second kappa shape index (κ2) is 8.99. The highest BCUT2D eigenvalue weighted by Gasteiger charge is 2.16. The molecule has 164 valence electrons. The molecule has 1 unspecified atom stereocenters. The molecular formula is C22H30N8O. The summed E-state index contributed by atoms with van der Waals surface area (Å²) >= 11 is 0. The molecule has 0 spiro atoms. The number of aliphatic hydroxyl groups excluding tert-OH is 1. The first-order valence-electron chi connectivity index (χ1n) is 10.7. The molecule has 4 rings (SSSR count). The van der Waals surface area contributed by atoms with Crippen LogP contribution in [0.5, 0.6) is 0 Å². The smallest absolute Gasteiger partial charge is 0.0999 e. The zero-order valence-electron chi connectivity index (χ0n) is 18.5. The summed E-state index contributed by atoms with van der Waals surface area (Å²) in [5.41, 5.74) is 4.45. The third-order valence-corrected chi connectivity index (χ3v) is 5.85. The summed E-state index contributed by atoms with van der Waals surface area (Å²) in [6, 6.07) is 2.35. The second-order valence-corrected chi connectivity index (χ2v) is 8.07. The summed E-state index contributed by atoms with van der Waals surface area (Å²) in [5.74, 6) is 0. The van der Waals surface area contributed by atoms with Crippen LogP contribution in [-0.4, -0.2) is 70.9 Å². The van der Waals surface area contributed by atoms with Crippen LogP contribution in [0.3, 0.4) is 0 Å². The zero-order valence-corrected chi connectivity index (χ0v) is 18.5. The maximum atomic E-state index is 9.60. The SMILES string of the molecule is CCC(CC)n1cc(-c2nc(-c3cnn(CC(CO)N(C)C)c3)cn3nccc23)cn1. The van der Waals surface area contributed by atoms with Crippen molar-refractivity contribution in [2.24, 2.45) is 0 Å². The van der Waals surface area contributed by atoms with E-state index in [1.54, 1.807) is 12.4 Å². The Hall–Kier alpha value is -3.04. The molecule has 0 saturated heterocycles. The third kappa shape index (κ3) is 4.24. The lowest BCUT2D eigenvalue weighted by atomic mass is 10.1. The molecule has 0 aromatic carbocycles. The van der Waals surface area contributed by atoms with Crippen LogP contribution >= 0.6 is 0 Å². The third-order valence-electron chi connectivity index (χ3n) is 5.85. The van der Waals surface area contributed by atoms with Crippen LogP contribution in [0.4, 0.5) is 0 Å². The van der Waals surface area contributed by atoms with Gasteiger partial charge in [0.25, 0.3) is 0 Å². The fraction of sp³-hybridized carbons (Fsp3) is 0.455. The molecule has 1 N–H and O–H groups in total. The Labute approximate surface area is 181 Å². The first-order chi connectivity index (χ1) is 15.0. The van der Waals surface area contributed by atoms with Crippen LogP contribution in [0.1, 0.15) is 32.7 Å². The Bertz CT molecular complexity index is 1140. The van der Waals surface area contributed by atoms with Gasteiger partial charge in [0.1, 0.15) is 0 Å². The van der Waals surface area contributed by atoms with Crippen molar-refractivity contribution in [1.82, 2.24) is 39.1 Å². The number of nitrogens with zero attached hydrogens (tertiary/aromatic N) is 8. The Morgan fingerprint density at radius 2 is 1.77 bits per heavy atom. The minimum atomic E-state index is 0.000724. The van der Waals surface area contributed by atoms with Gasteiger partial charge in [-0.2, -0.15) is 15.3 Å². The van der Waals surface area contributed by atoms with Gasteiger partial charge in [0.2, 0.25) is 0 Å². The monoisotopic (exact) mass is 422 g/mol. The minimum Gasteiger partial charge on any atom is -0.395 e. The second-order valence-electron chi connectivity index (χ2n) is 8.07. The first kappa shape index (κ1) is 21.2.